The smallest absolute Gasteiger partial charge is 0.346 e. The number of hydrogen-bond donors (Lipinski definition) is 2. The van der Waals surface area contributed by atoms with Gasteiger partial charge in [0.25, 0.3) is 0 Å². The molecule has 1 aromatic heterocycles. The molecule has 3 nitrogen and oxygen atoms in total. The number of thiophene rings is 1. The Labute approximate surface area is 114 Å². The quantitative estimate of drug-likeness (QED) is 0.902. The molecule has 0 bridgehead atoms. The maximum atomic E-state index is 13.9. The summed E-state index contributed by atoms with van der Waals surface area (Å²) in [6, 6.07) is 4.75. The number of carboxylic acids is 1. The van der Waals surface area contributed by atoms with Gasteiger partial charge in [-0.3, -0.25) is 0 Å². The summed E-state index contributed by atoms with van der Waals surface area (Å²) in [6.45, 7) is 2.50. The van der Waals surface area contributed by atoms with Gasteiger partial charge in [-0.05, 0) is 31.9 Å². The number of halogens is 1. The first-order valence-corrected chi connectivity index (χ1v) is 7.00. The molecule has 1 aliphatic carbocycles. The second-order valence-electron chi connectivity index (χ2n) is 5.24. The highest BCUT2D eigenvalue weighted by atomic mass is 32.1. The minimum Gasteiger partial charge on any atom is -0.477 e. The van der Waals surface area contributed by atoms with E-state index in [0.717, 1.165) is 24.2 Å². The van der Waals surface area contributed by atoms with Crippen molar-refractivity contribution in [2.24, 2.45) is 0 Å². The number of aromatic carboxylic acids is 1. The first kappa shape index (κ1) is 12.6. The Morgan fingerprint density at radius 1 is 1.53 bits per heavy atom. The summed E-state index contributed by atoms with van der Waals surface area (Å²) in [6.07, 6.45) is 2.17. The zero-order chi connectivity index (χ0) is 13.6. The molecule has 2 aromatic rings. The predicted molar refractivity (Wildman–Crippen MR) is 73.2 cm³/mol. The van der Waals surface area contributed by atoms with Crippen molar-refractivity contribution in [3.63, 3.8) is 0 Å². The molecule has 0 amide bonds. The highest BCUT2D eigenvalue weighted by molar-refractivity contribution is 7.21. The summed E-state index contributed by atoms with van der Waals surface area (Å²) >= 11 is 1.14. The molecule has 0 unspecified atom stereocenters. The van der Waals surface area contributed by atoms with Crippen LogP contribution in [0.2, 0.25) is 0 Å². The Balaban J connectivity index is 2.07. The third-order valence-electron chi connectivity index (χ3n) is 3.65. The molecule has 1 heterocycles. The fraction of sp³-hybridized carbons (Fsp3) is 0.357. The van der Waals surface area contributed by atoms with E-state index in [1.54, 1.807) is 12.1 Å². The molecule has 0 aliphatic heterocycles. The van der Waals surface area contributed by atoms with Crippen LogP contribution < -0.4 is 5.32 Å². The van der Waals surface area contributed by atoms with Gasteiger partial charge in [0.15, 0.2) is 0 Å². The van der Waals surface area contributed by atoms with E-state index in [1.807, 2.05) is 0 Å². The average Bonchev–Trinajstić information content (AvgIpc) is 2.96. The van der Waals surface area contributed by atoms with Gasteiger partial charge < -0.3 is 10.4 Å². The molecule has 1 aliphatic rings. The number of fused-ring (bicyclic) bond motifs is 1. The zero-order valence-corrected chi connectivity index (χ0v) is 11.3. The molecule has 1 saturated carbocycles. The van der Waals surface area contributed by atoms with Gasteiger partial charge in [-0.1, -0.05) is 6.07 Å². The van der Waals surface area contributed by atoms with Crippen molar-refractivity contribution >= 4 is 27.4 Å². The van der Waals surface area contributed by atoms with Crippen molar-refractivity contribution in [3.8, 4) is 0 Å². The third-order valence-corrected chi connectivity index (χ3v) is 4.83. The van der Waals surface area contributed by atoms with Crippen LogP contribution in [0.4, 0.5) is 4.39 Å². The van der Waals surface area contributed by atoms with Gasteiger partial charge in [-0.15, -0.1) is 11.3 Å². The monoisotopic (exact) mass is 279 g/mol. The minimum atomic E-state index is -0.988. The molecule has 1 aromatic carbocycles. The Morgan fingerprint density at radius 3 is 2.89 bits per heavy atom. The normalized spacial score (nSPS) is 16.7. The summed E-state index contributed by atoms with van der Waals surface area (Å²) in [5.41, 5.74) is 0.661. The van der Waals surface area contributed by atoms with Crippen molar-refractivity contribution < 1.29 is 14.3 Å². The molecule has 19 heavy (non-hydrogen) atoms. The molecule has 2 N–H and O–H groups in total. The molecule has 1 fully saturated rings. The maximum absolute atomic E-state index is 13.9. The van der Waals surface area contributed by atoms with E-state index in [1.165, 1.54) is 6.07 Å². The van der Waals surface area contributed by atoms with Crippen molar-refractivity contribution in [1.82, 2.24) is 5.32 Å². The maximum Gasteiger partial charge on any atom is 0.346 e. The van der Waals surface area contributed by atoms with Crippen LogP contribution in [-0.4, -0.2) is 16.6 Å². The van der Waals surface area contributed by atoms with E-state index in [0.29, 0.717) is 22.2 Å². The van der Waals surface area contributed by atoms with Crippen LogP contribution in [0.5, 0.6) is 0 Å². The molecule has 0 spiro atoms. The summed E-state index contributed by atoms with van der Waals surface area (Å²) in [7, 11) is 0. The first-order valence-electron chi connectivity index (χ1n) is 6.18. The standard InChI is InChI=1S/C14H14FNO2S/c1-14(5-6-14)16-7-8-11-9(15)3-2-4-10(11)19-12(8)13(17)18/h2-4,16H,5-7H2,1H3,(H,17,18). The number of carboxylic acid groups (broad SMARTS) is 1. The lowest BCUT2D eigenvalue weighted by molar-refractivity contribution is 0.0701. The Bertz CT molecular complexity index is 661. The van der Waals surface area contributed by atoms with Crippen LogP contribution in [0.3, 0.4) is 0 Å². The van der Waals surface area contributed by atoms with E-state index in [9.17, 15) is 14.3 Å². The van der Waals surface area contributed by atoms with Gasteiger partial charge in [-0.2, -0.15) is 0 Å². The SMILES string of the molecule is CC1(NCc2c(C(=O)O)sc3cccc(F)c23)CC1. The fourth-order valence-electron chi connectivity index (χ4n) is 2.17. The van der Waals surface area contributed by atoms with E-state index >= 15 is 0 Å². The molecule has 3 rings (SSSR count). The third kappa shape index (κ3) is 2.24. The highest BCUT2D eigenvalue weighted by Gasteiger charge is 2.37. The van der Waals surface area contributed by atoms with Crippen LogP contribution in [-0.2, 0) is 6.54 Å². The number of benzene rings is 1. The molecule has 100 valence electrons. The van der Waals surface area contributed by atoms with Gasteiger partial charge >= 0.3 is 5.97 Å². The predicted octanol–water partition coefficient (Wildman–Crippen LogP) is 3.38. The molecule has 0 atom stereocenters. The lowest BCUT2D eigenvalue weighted by Crippen LogP contribution is -2.27. The Kier molecular flexibility index (Phi) is 2.83. The number of hydrogen-bond acceptors (Lipinski definition) is 3. The molecule has 0 radical (unpaired) electrons. The first-order chi connectivity index (χ1) is 9.00. The second kappa shape index (κ2) is 4.28. The lowest BCUT2D eigenvalue weighted by atomic mass is 10.1. The van der Waals surface area contributed by atoms with E-state index in [4.69, 9.17) is 0 Å². The fourth-order valence-corrected chi connectivity index (χ4v) is 3.25. The summed E-state index contributed by atoms with van der Waals surface area (Å²) in [4.78, 5) is 11.5. The van der Waals surface area contributed by atoms with Crippen LogP contribution in [0.15, 0.2) is 18.2 Å². The number of carbonyl (C=O) groups is 1. The summed E-state index contributed by atoms with van der Waals surface area (Å²) in [5, 5.41) is 13.0. The van der Waals surface area contributed by atoms with Gasteiger partial charge in [0.05, 0.1) is 0 Å². The van der Waals surface area contributed by atoms with Gasteiger partial charge in [0.2, 0.25) is 0 Å². The average molecular weight is 279 g/mol. The second-order valence-corrected chi connectivity index (χ2v) is 6.29. The Morgan fingerprint density at radius 2 is 2.26 bits per heavy atom. The Hall–Kier alpha value is -1.46. The minimum absolute atomic E-state index is 0.0925. The van der Waals surface area contributed by atoms with Crippen molar-refractivity contribution in [3.05, 3.63) is 34.5 Å². The van der Waals surface area contributed by atoms with Crippen LogP contribution in [0, 0.1) is 5.82 Å². The molecular weight excluding hydrogens is 265 g/mol. The lowest BCUT2D eigenvalue weighted by Gasteiger charge is -2.11. The van der Waals surface area contributed by atoms with Gasteiger partial charge in [0, 0.05) is 27.7 Å². The van der Waals surface area contributed by atoms with Crippen molar-refractivity contribution in [2.45, 2.75) is 31.8 Å². The van der Waals surface area contributed by atoms with Crippen LogP contribution in [0.1, 0.15) is 35.0 Å². The van der Waals surface area contributed by atoms with E-state index in [2.05, 4.69) is 12.2 Å². The number of nitrogens with one attached hydrogen (secondary N) is 1. The molecule has 0 saturated heterocycles. The zero-order valence-electron chi connectivity index (χ0n) is 10.5. The van der Waals surface area contributed by atoms with Crippen molar-refractivity contribution in [2.75, 3.05) is 0 Å². The number of rotatable bonds is 4. The van der Waals surface area contributed by atoms with E-state index in [-0.39, 0.29) is 16.2 Å². The highest BCUT2D eigenvalue weighted by Crippen LogP contribution is 2.37. The van der Waals surface area contributed by atoms with Gasteiger partial charge in [0.1, 0.15) is 10.7 Å². The summed E-state index contributed by atoms with van der Waals surface area (Å²) in [5.74, 6) is -1.34. The largest absolute Gasteiger partial charge is 0.477 e. The summed E-state index contributed by atoms with van der Waals surface area (Å²) < 4.78 is 14.6. The molecular formula is C14H14FNO2S. The molecule has 5 heteroatoms. The van der Waals surface area contributed by atoms with E-state index < -0.39 is 5.97 Å². The topological polar surface area (TPSA) is 49.3 Å². The van der Waals surface area contributed by atoms with Crippen molar-refractivity contribution in [1.29, 1.82) is 0 Å². The van der Waals surface area contributed by atoms with Gasteiger partial charge in [-0.25, -0.2) is 9.18 Å². The van der Waals surface area contributed by atoms with Crippen LogP contribution in [0.25, 0.3) is 10.1 Å². The van der Waals surface area contributed by atoms with Crippen LogP contribution >= 0.6 is 11.3 Å².